The van der Waals surface area contributed by atoms with Gasteiger partial charge in [-0.2, -0.15) is 0 Å². The van der Waals surface area contributed by atoms with E-state index in [1.165, 1.54) is 0 Å². The van der Waals surface area contributed by atoms with E-state index in [0.29, 0.717) is 17.9 Å². The summed E-state index contributed by atoms with van der Waals surface area (Å²) in [5, 5.41) is 0. The number of carbonyl (C=O) groups excluding carboxylic acids is 1. The molecule has 1 aromatic carbocycles. The van der Waals surface area contributed by atoms with Gasteiger partial charge in [-0.25, -0.2) is 0 Å². The Balaban J connectivity index is 2.01. The number of benzene rings is 1. The first-order valence-corrected chi connectivity index (χ1v) is 6.66. The lowest BCUT2D eigenvalue weighted by Gasteiger charge is -2.18. The van der Waals surface area contributed by atoms with Crippen molar-refractivity contribution in [1.29, 1.82) is 0 Å². The quantitative estimate of drug-likeness (QED) is 0.910. The summed E-state index contributed by atoms with van der Waals surface area (Å²) in [7, 11) is 3.39. The first-order valence-electron chi connectivity index (χ1n) is 6.66. The molecule has 2 rings (SSSR count). The van der Waals surface area contributed by atoms with Crippen LogP contribution in [-0.2, 0) is 17.8 Å². The third-order valence-electron chi connectivity index (χ3n) is 3.21. The number of anilines is 1. The van der Waals surface area contributed by atoms with Gasteiger partial charge in [0.2, 0.25) is 5.91 Å². The SMILES string of the molecule is COc1ccccc1CN(C)C(=O)Cc1ccc(N)cn1. The van der Waals surface area contributed by atoms with Crippen molar-refractivity contribution in [2.24, 2.45) is 0 Å². The van der Waals surface area contributed by atoms with Gasteiger partial charge in [-0.3, -0.25) is 9.78 Å². The fraction of sp³-hybridized carbons (Fsp3) is 0.250. The highest BCUT2D eigenvalue weighted by molar-refractivity contribution is 5.78. The zero-order valence-corrected chi connectivity index (χ0v) is 12.2. The number of hydrogen-bond donors (Lipinski definition) is 1. The molecule has 0 aliphatic rings. The second-order valence-corrected chi connectivity index (χ2v) is 4.82. The molecule has 0 saturated heterocycles. The molecule has 0 atom stereocenters. The van der Waals surface area contributed by atoms with Gasteiger partial charge in [0, 0.05) is 24.8 Å². The molecule has 1 amide bonds. The topological polar surface area (TPSA) is 68.5 Å². The van der Waals surface area contributed by atoms with Crippen LogP contribution in [0.25, 0.3) is 0 Å². The summed E-state index contributed by atoms with van der Waals surface area (Å²) in [5.41, 5.74) is 7.85. The number of ether oxygens (including phenoxy) is 1. The fourth-order valence-electron chi connectivity index (χ4n) is 2.01. The maximum atomic E-state index is 12.2. The monoisotopic (exact) mass is 285 g/mol. The number of nitrogens with zero attached hydrogens (tertiary/aromatic N) is 2. The minimum atomic E-state index is -0.00169. The highest BCUT2D eigenvalue weighted by Gasteiger charge is 2.13. The van der Waals surface area contributed by atoms with E-state index in [0.717, 1.165) is 11.3 Å². The highest BCUT2D eigenvalue weighted by atomic mass is 16.5. The lowest BCUT2D eigenvalue weighted by Crippen LogP contribution is -2.28. The number of nitrogen functional groups attached to an aromatic ring is 1. The van der Waals surface area contributed by atoms with Crippen molar-refractivity contribution < 1.29 is 9.53 Å². The van der Waals surface area contributed by atoms with Crippen LogP contribution in [-0.4, -0.2) is 29.9 Å². The number of amides is 1. The maximum Gasteiger partial charge on any atom is 0.228 e. The number of para-hydroxylation sites is 1. The van der Waals surface area contributed by atoms with Crippen molar-refractivity contribution in [3.05, 3.63) is 53.9 Å². The molecule has 0 bridgehead atoms. The van der Waals surface area contributed by atoms with Crippen molar-refractivity contribution in [3.63, 3.8) is 0 Å². The third kappa shape index (κ3) is 3.95. The average molecular weight is 285 g/mol. The molecule has 0 radical (unpaired) electrons. The molecule has 2 aromatic rings. The number of rotatable bonds is 5. The summed E-state index contributed by atoms with van der Waals surface area (Å²) in [6.45, 7) is 0.498. The van der Waals surface area contributed by atoms with Crippen LogP contribution in [0.2, 0.25) is 0 Å². The van der Waals surface area contributed by atoms with Crippen molar-refractivity contribution >= 4 is 11.6 Å². The molecule has 0 fully saturated rings. The van der Waals surface area contributed by atoms with E-state index in [2.05, 4.69) is 4.98 Å². The molecule has 0 saturated carbocycles. The van der Waals surface area contributed by atoms with Gasteiger partial charge in [-0.1, -0.05) is 18.2 Å². The van der Waals surface area contributed by atoms with E-state index < -0.39 is 0 Å². The Bertz CT molecular complexity index is 611. The Labute approximate surface area is 124 Å². The van der Waals surface area contributed by atoms with Gasteiger partial charge in [0.05, 0.1) is 25.4 Å². The van der Waals surface area contributed by atoms with Gasteiger partial charge < -0.3 is 15.4 Å². The predicted octanol–water partition coefficient (Wildman–Crippen LogP) is 1.87. The van der Waals surface area contributed by atoms with Crippen LogP contribution in [0.3, 0.4) is 0 Å². The zero-order chi connectivity index (χ0) is 15.2. The number of nitrogens with two attached hydrogens (primary N) is 1. The van der Waals surface area contributed by atoms with Crippen molar-refractivity contribution in [2.75, 3.05) is 19.9 Å². The maximum absolute atomic E-state index is 12.2. The largest absolute Gasteiger partial charge is 0.496 e. The number of pyridine rings is 1. The summed E-state index contributed by atoms with van der Waals surface area (Å²) >= 11 is 0. The molecule has 1 aromatic heterocycles. The molecule has 0 spiro atoms. The van der Waals surface area contributed by atoms with Crippen molar-refractivity contribution in [3.8, 4) is 5.75 Å². The Kier molecular flexibility index (Phi) is 4.77. The van der Waals surface area contributed by atoms with Gasteiger partial charge in [0.15, 0.2) is 0 Å². The first-order chi connectivity index (χ1) is 10.1. The number of aromatic nitrogens is 1. The van der Waals surface area contributed by atoms with E-state index in [-0.39, 0.29) is 12.3 Å². The van der Waals surface area contributed by atoms with E-state index in [1.54, 1.807) is 37.4 Å². The molecule has 21 heavy (non-hydrogen) atoms. The predicted molar refractivity (Wildman–Crippen MR) is 81.8 cm³/mol. The summed E-state index contributed by atoms with van der Waals surface area (Å²) in [5.74, 6) is 0.779. The minimum Gasteiger partial charge on any atom is -0.496 e. The summed E-state index contributed by atoms with van der Waals surface area (Å²) in [4.78, 5) is 18.0. The van der Waals surface area contributed by atoms with Gasteiger partial charge in [-0.05, 0) is 18.2 Å². The van der Waals surface area contributed by atoms with Crippen LogP contribution in [0.4, 0.5) is 5.69 Å². The summed E-state index contributed by atoms with van der Waals surface area (Å²) < 4.78 is 5.29. The van der Waals surface area contributed by atoms with Crippen LogP contribution < -0.4 is 10.5 Å². The van der Waals surface area contributed by atoms with E-state index in [4.69, 9.17) is 10.5 Å². The second kappa shape index (κ2) is 6.74. The van der Waals surface area contributed by atoms with E-state index in [1.807, 2.05) is 24.3 Å². The average Bonchev–Trinajstić information content (AvgIpc) is 2.50. The number of likely N-dealkylation sites (N-methyl/N-ethyl adjacent to an activating group) is 1. The molecule has 5 heteroatoms. The Morgan fingerprint density at radius 3 is 2.71 bits per heavy atom. The van der Waals surface area contributed by atoms with Crippen LogP contribution in [0, 0.1) is 0 Å². The van der Waals surface area contributed by atoms with Gasteiger partial charge in [0.1, 0.15) is 5.75 Å². The second-order valence-electron chi connectivity index (χ2n) is 4.82. The molecule has 5 nitrogen and oxygen atoms in total. The molecule has 2 N–H and O–H groups in total. The molecule has 1 heterocycles. The number of hydrogen-bond acceptors (Lipinski definition) is 4. The Hall–Kier alpha value is -2.56. The van der Waals surface area contributed by atoms with E-state index in [9.17, 15) is 4.79 Å². The molecular weight excluding hydrogens is 266 g/mol. The molecule has 0 unspecified atom stereocenters. The van der Waals surface area contributed by atoms with Crippen molar-refractivity contribution in [1.82, 2.24) is 9.88 Å². The zero-order valence-electron chi connectivity index (χ0n) is 12.2. The van der Waals surface area contributed by atoms with Crippen LogP contribution in [0.1, 0.15) is 11.3 Å². The highest BCUT2D eigenvalue weighted by Crippen LogP contribution is 2.19. The van der Waals surface area contributed by atoms with Gasteiger partial charge in [0.25, 0.3) is 0 Å². The Morgan fingerprint density at radius 1 is 1.29 bits per heavy atom. The molecule has 110 valence electrons. The van der Waals surface area contributed by atoms with Crippen LogP contribution in [0.15, 0.2) is 42.6 Å². The Morgan fingerprint density at radius 2 is 2.05 bits per heavy atom. The van der Waals surface area contributed by atoms with Crippen molar-refractivity contribution in [2.45, 2.75) is 13.0 Å². The smallest absolute Gasteiger partial charge is 0.228 e. The van der Waals surface area contributed by atoms with Gasteiger partial charge >= 0.3 is 0 Å². The third-order valence-corrected chi connectivity index (χ3v) is 3.21. The standard InChI is InChI=1S/C16H19N3O2/c1-19(11-12-5-3-4-6-15(12)21-2)16(20)9-14-8-7-13(17)10-18-14/h3-8,10H,9,11,17H2,1-2H3. The van der Waals surface area contributed by atoms with Gasteiger partial charge in [-0.15, -0.1) is 0 Å². The van der Waals surface area contributed by atoms with Crippen LogP contribution in [0.5, 0.6) is 5.75 Å². The fourth-order valence-corrected chi connectivity index (χ4v) is 2.01. The normalized spacial score (nSPS) is 10.2. The summed E-state index contributed by atoms with van der Waals surface area (Å²) in [6, 6.07) is 11.2. The van der Waals surface area contributed by atoms with E-state index >= 15 is 0 Å². The molecule has 0 aliphatic heterocycles. The summed E-state index contributed by atoms with van der Waals surface area (Å²) in [6.07, 6.45) is 1.81. The molecular formula is C16H19N3O2. The lowest BCUT2D eigenvalue weighted by atomic mass is 10.1. The number of carbonyl (C=O) groups is 1. The number of methoxy groups -OCH3 is 1. The lowest BCUT2D eigenvalue weighted by molar-refractivity contribution is -0.129. The molecule has 0 aliphatic carbocycles. The minimum absolute atomic E-state index is 0.00169. The first kappa shape index (κ1) is 14.8. The van der Waals surface area contributed by atoms with Crippen LogP contribution >= 0.6 is 0 Å².